The number of rotatable bonds is 1. The minimum atomic E-state index is 0.164. The average molecular weight is 232 g/mol. The lowest BCUT2D eigenvalue weighted by atomic mass is 10.0. The number of hydrogen-bond acceptors (Lipinski definition) is 3. The predicted molar refractivity (Wildman–Crippen MR) is 65.2 cm³/mol. The molecule has 0 unspecified atom stereocenters. The molecule has 1 saturated heterocycles. The second kappa shape index (κ2) is 4.04. The number of fused-ring (bicyclic) bond motifs is 1. The molecule has 2 aliphatic heterocycles. The third-order valence-corrected chi connectivity index (χ3v) is 3.61. The molecule has 0 atom stereocenters. The Kier molecular flexibility index (Phi) is 2.52. The lowest BCUT2D eigenvalue weighted by Crippen LogP contribution is -2.44. The molecular formula is C13H16N2O2. The van der Waals surface area contributed by atoms with Gasteiger partial charge in [-0.15, -0.1) is 0 Å². The van der Waals surface area contributed by atoms with E-state index < -0.39 is 0 Å². The van der Waals surface area contributed by atoms with Gasteiger partial charge in [-0.05, 0) is 37.6 Å². The molecule has 1 amide bonds. The van der Waals surface area contributed by atoms with E-state index >= 15 is 0 Å². The quantitative estimate of drug-likeness (QED) is 0.760. The number of anilines is 1. The molecule has 4 heteroatoms. The lowest BCUT2D eigenvalue weighted by molar-refractivity contribution is -0.117. The SMILES string of the molecule is O=C1Cc2ccc(O)cc2N1C1CCNCC1. The summed E-state index contributed by atoms with van der Waals surface area (Å²) in [7, 11) is 0. The number of benzene rings is 1. The summed E-state index contributed by atoms with van der Waals surface area (Å²) in [6.07, 6.45) is 2.45. The van der Waals surface area contributed by atoms with Gasteiger partial charge in [0.15, 0.2) is 0 Å². The number of nitrogens with zero attached hydrogens (tertiary/aromatic N) is 1. The molecule has 1 aromatic rings. The summed E-state index contributed by atoms with van der Waals surface area (Å²) in [5.41, 5.74) is 1.94. The Hall–Kier alpha value is -1.55. The first-order valence-corrected chi connectivity index (χ1v) is 6.10. The van der Waals surface area contributed by atoms with Crippen LogP contribution in [-0.2, 0) is 11.2 Å². The van der Waals surface area contributed by atoms with Crippen molar-refractivity contribution in [2.24, 2.45) is 0 Å². The number of nitrogens with one attached hydrogen (secondary N) is 1. The van der Waals surface area contributed by atoms with Crippen LogP contribution < -0.4 is 10.2 Å². The highest BCUT2D eigenvalue weighted by molar-refractivity contribution is 6.02. The standard InChI is InChI=1S/C13H16N2O2/c16-11-2-1-9-7-13(17)15(12(9)8-11)10-3-5-14-6-4-10/h1-2,8,10,14,16H,3-7H2. The van der Waals surface area contributed by atoms with Crippen LogP contribution in [0.15, 0.2) is 18.2 Å². The fraction of sp³-hybridized carbons (Fsp3) is 0.462. The number of phenols is 1. The van der Waals surface area contributed by atoms with Crippen molar-refractivity contribution in [2.45, 2.75) is 25.3 Å². The summed E-state index contributed by atoms with van der Waals surface area (Å²) in [5, 5.41) is 12.8. The summed E-state index contributed by atoms with van der Waals surface area (Å²) in [6.45, 7) is 1.92. The number of phenolic OH excluding ortho intramolecular Hbond substituents is 1. The highest BCUT2D eigenvalue weighted by atomic mass is 16.3. The number of carbonyl (C=O) groups excluding carboxylic acids is 1. The molecule has 90 valence electrons. The van der Waals surface area contributed by atoms with Crippen molar-refractivity contribution in [1.82, 2.24) is 5.32 Å². The van der Waals surface area contributed by atoms with Crippen LogP contribution >= 0.6 is 0 Å². The molecule has 2 aliphatic rings. The van der Waals surface area contributed by atoms with E-state index in [1.165, 1.54) is 0 Å². The van der Waals surface area contributed by atoms with Crippen molar-refractivity contribution in [3.8, 4) is 5.75 Å². The Morgan fingerprint density at radius 1 is 1.29 bits per heavy atom. The summed E-state index contributed by atoms with van der Waals surface area (Å²) < 4.78 is 0. The third-order valence-electron chi connectivity index (χ3n) is 3.61. The van der Waals surface area contributed by atoms with E-state index in [9.17, 15) is 9.90 Å². The van der Waals surface area contributed by atoms with Gasteiger partial charge in [-0.2, -0.15) is 0 Å². The molecule has 2 N–H and O–H groups in total. The van der Waals surface area contributed by atoms with Crippen LogP contribution in [0.3, 0.4) is 0 Å². The van der Waals surface area contributed by atoms with Gasteiger partial charge in [-0.3, -0.25) is 4.79 Å². The Bertz CT molecular complexity index is 453. The molecule has 2 heterocycles. The van der Waals surface area contributed by atoms with Gasteiger partial charge in [0.2, 0.25) is 5.91 Å². The zero-order chi connectivity index (χ0) is 11.8. The number of piperidine rings is 1. The maximum Gasteiger partial charge on any atom is 0.231 e. The van der Waals surface area contributed by atoms with Crippen molar-refractivity contribution in [3.63, 3.8) is 0 Å². The second-order valence-corrected chi connectivity index (χ2v) is 4.73. The lowest BCUT2D eigenvalue weighted by Gasteiger charge is -2.32. The molecule has 0 spiro atoms. The number of hydrogen-bond donors (Lipinski definition) is 2. The van der Waals surface area contributed by atoms with Gasteiger partial charge in [0.1, 0.15) is 5.75 Å². The fourth-order valence-corrected chi connectivity index (χ4v) is 2.77. The molecule has 0 aliphatic carbocycles. The Morgan fingerprint density at radius 2 is 2.06 bits per heavy atom. The Balaban J connectivity index is 1.95. The molecule has 3 rings (SSSR count). The van der Waals surface area contributed by atoms with E-state index in [2.05, 4.69) is 5.32 Å². The molecule has 0 aromatic heterocycles. The minimum Gasteiger partial charge on any atom is -0.508 e. The maximum absolute atomic E-state index is 12.1. The van der Waals surface area contributed by atoms with Gasteiger partial charge in [0.25, 0.3) is 0 Å². The highest BCUT2D eigenvalue weighted by Crippen LogP contribution is 2.35. The summed E-state index contributed by atoms with van der Waals surface area (Å²) in [4.78, 5) is 14.0. The molecule has 4 nitrogen and oxygen atoms in total. The van der Waals surface area contributed by atoms with Gasteiger partial charge < -0.3 is 15.3 Å². The first kappa shape index (κ1) is 10.6. The van der Waals surface area contributed by atoms with E-state index in [0.29, 0.717) is 6.42 Å². The third kappa shape index (κ3) is 1.78. The molecule has 0 radical (unpaired) electrons. The first-order valence-electron chi connectivity index (χ1n) is 6.10. The maximum atomic E-state index is 12.1. The molecule has 1 aromatic carbocycles. The van der Waals surface area contributed by atoms with E-state index in [-0.39, 0.29) is 17.7 Å². The van der Waals surface area contributed by atoms with Crippen LogP contribution in [-0.4, -0.2) is 30.1 Å². The van der Waals surface area contributed by atoms with E-state index in [1.807, 2.05) is 11.0 Å². The summed E-state index contributed by atoms with van der Waals surface area (Å²) >= 11 is 0. The van der Waals surface area contributed by atoms with Gasteiger partial charge in [0, 0.05) is 12.1 Å². The fourth-order valence-electron chi connectivity index (χ4n) is 2.77. The largest absolute Gasteiger partial charge is 0.508 e. The van der Waals surface area contributed by atoms with Crippen molar-refractivity contribution >= 4 is 11.6 Å². The molecule has 17 heavy (non-hydrogen) atoms. The molecule has 0 bridgehead atoms. The smallest absolute Gasteiger partial charge is 0.231 e. The van der Waals surface area contributed by atoms with Gasteiger partial charge in [0.05, 0.1) is 12.1 Å². The Labute approximate surface area is 100 Å². The van der Waals surface area contributed by atoms with E-state index in [0.717, 1.165) is 37.2 Å². The van der Waals surface area contributed by atoms with Crippen LogP contribution in [0.1, 0.15) is 18.4 Å². The van der Waals surface area contributed by atoms with Crippen molar-refractivity contribution in [2.75, 3.05) is 18.0 Å². The van der Waals surface area contributed by atoms with Crippen LogP contribution in [0.5, 0.6) is 5.75 Å². The number of carbonyl (C=O) groups is 1. The Morgan fingerprint density at radius 3 is 2.82 bits per heavy atom. The predicted octanol–water partition coefficient (Wildman–Crippen LogP) is 1.03. The normalized spacial score (nSPS) is 20.7. The van der Waals surface area contributed by atoms with Crippen LogP contribution in [0.25, 0.3) is 0 Å². The van der Waals surface area contributed by atoms with Crippen LogP contribution in [0.2, 0.25) is 0 Å². The van der Waals surface area contributed by atoms with Crippen LogP contribution in [0.4, 0.5) is 5.69 Å². The zero-order valence-corrected chi connectivity index (χ0v) is 9.65. The number of aromatic hydroxyl groups is 1. The number of amides is 1. The second-order valence-electron chi connectivity index (χ2n) is 4.73. The molecular weight excluding hydrogens is 216 g/mol. The first-order chi connectivity index (χ1) is 8.25. The summed E-state index contributed by atoms with van der Waals surface area (Å²) in [6, 6.07) is 5.50. The van der Waals surface area contributed by atoms with Crippen molar-refractivity contribution in [3.05, 3.63) is 23.8 Å². The van der Waals surface area contributed by atoms with Gasteiger partial charge >= 0.3 is 0 Å². The van der Waals surface area contributed by atoms with Gasteiger partial charge in [-0.25, -0.2) is 0 Å². The summed E-state index contributed by atoms with van der Waals surface area (Å²) in [5.74, 6) is 0.398. The van der Waals surface area contributed by atoms with Gasteiger partial charge in [-0.1, -0.05) is 6.07 Å². The van der Waals surface area contributed by atoms with Crippen LogP contribution in [0, 0.1) is 0 Å². The topological polar surface area (TPSA) is 52.6 Å². The zero-order valence-electron chi connectivity index (χ0n) is 9.65. The average Bonchev–Trinajstić information content (AvgIpc) is 2.65. The highest BCUT2D eigenvalue weighted by Gasteiger charge is 2.33. The van der Waals surface area contributed by atoms with Crippen molar-refractivity contribution in [1.29, 1.82) is 0 Å². The monoisotopic (exact) mass is 232 g/mol. The van der Waals surface area contributed by atoms with Crippen molar-refractivity contribution < 1.29 is 9.90 Å². The molecule has 0 saturated carbocycles. The minimum absolute atomic E-state index is 0.164. The van der Waals surface area contributed by atoms with E-state index in [4.69, 9.17) is 0 Å². The van der Waals surface area contributed by atoms with E-state index in [1.54, 1.807) is 12.1 Å². The molecule has 1 fully saturated rings.